The van der Waals surface area contributed by atoms with Gasteiger partial charge in [-0.1, -0.05) is 6.07 Å². The Kier molecular flexibility index (Phi) is 5.87. The van der Waals surface area contributed by atoms with Crippen LogP contribution >= 0.6 is 0 Å². The van der Waals surface area contributed by atoms with Crippen LogP contribution in [0.1, 0.15) is 41.6 Å². The molecular formula is C21H26F2N2O. The third kappa shape index (κ3) is 4.21. The van der Waals surface area contributed by atoms with Crippen molar-refractivity contribution in [3.63, 3.8) is 0 Å². The molecule has 0 saturated carbocycles. The number of nitrogens with zero attached hydrogens (tertiary/aromatic N) is 1. The van der Waals surface area contributed by atoms with Gasteiger partial charge < -0.3 is 4.98 Å². The predicted octanol–water partition coefficient (Wildman–Crippen LogP) is 4.11. The molecule has 0 spiro atoms. The van der Waals surface area contributed by atoms with Crippen LogP contribution in [-0.4, -0.2) is 23.0 Å². The minimum atomic E-state index is -0.453. The van der Waals surface area contributed by atoms with E-state index in [4.69, 9.17) is 0 Å². The zero-order valence-corrected chi connectivity index (χ0v) is 15.4. The van der Waals surface area contributed by atoms with Gasteiger partial charge in [0.1, 0.15) is 11.6 Å². The van der Waals surface area contributed by atoms with E-state index in [9.17, 15) is 13.6 Å². The second-order valence-corrected chi connectivity index (χ2v) is 7.39. The molecular weight excluding hydrogens is 334 g/mol. The average Bonchev–Trinajstić information content (AvgIpc) is 2.62. The molecule has 1 aliphatic heterocycles. The Labute approximate surface area is 153 Å². The number of likely N-dealkylation sites (tertiary alicyclic amines) is 1. The maximum Gasteiger partial charge on any atom is 0.187 e. The van der Waals surface area contributed by atoms with E-state index in [1.165, 1.54) is 18.2 Å². The van der Waals surface area contributed by atoms with Crippen molar-refractivity contribution in [3.05, 3.63) is 68.6 Å². The Morgan fingerprint density at radius 1 is 1.23 bits per heavy atom. The van der Waals surface area contributed by atoms with Crippen LogP contribution in [-0.2, 0) is 13.0 Å². The molecule has 2 heterocycles. The van der Waals surface area contributed by atoms with Gasteiger partial charge in [-0.25, -0.2) is 8.78 Å². The van der Waals surface area contributed by atoms with Gasteiger partial charge in [-0.2, -0.15) is 0 Å². The van der Waals surface area contributed by atoms with Gasteiger partial charge in [0.25, 0.3) is 0 Å². The van der Waals surface area contributed by atoms with Gasteiger partial charge >= 0.3 is 0 Å². The molecule has 0 aliphatic carbocycles. The molecule has 1 aromatic heterocycles. The number of aromatic nitrogens is 1. The lowest BCUT2D eigenvalue weighted by molar-refractivity contribution is 0.159. The summed E-state index contributed by atoms with van der Waals surface area (Å²) in [4.78, 5) is 17.7. The summed E-state index contributed by atoms with van der Waals surface area (Å²) in [5.74, 6) is -0.490. The molecule has 26 heavy (non-hydrogen) atoms. The fraction of sp³-hybridized carbons (Fsp3) is 0.476. The van der Waals surface area contributed by atoms with E-state index in [1.807, 2.05) is 13.8 Å². The van der Waals surface area contributed by atoms with E-state index in [2.05, 4.69) is 9.88 Å². The van der Waals surface area contributed by atoms with E-state index < -0.39 is 11.6 Å². The maximum atomic E-state index is 13.8. The third-order valence-corrected chi connectivity index (χ3v) is 5.46. The van der Waals surface area contributed by atoms with Crippen LogP contribution in [0.5, 0.6) is 0 Å². The van der Waals surface area contributed by atoms with Crippen LogP contribution in [0.2, 0.25) is 0 Å². The Balaban J connectivity index is 1.61. The quantitative estimate of drug-likeness (QED) is 0.871. The molecule has 5 heteroatoms. The molecule has 140 valence electrons. The molecule has 1 aromatic carbocycles. The number of hydrogen-bond donors (Lipinski definition) is 1. The zero-order valence-electron chi connectivity index (χ0n) is 15.4. The number of aromatic amines is 1. The fourth-order valence-electron chi connectivity index (χ4n) is 3.84. The topological polar surface area (TPSA) is 36.1 Å². The van der Waals surface area contributed by atoms with Crippen LogP contribution in [0.15, 0.2) is 29.2 Å². The van der Waals surface area contributed by atoms with Crippen LogP contribution in [0.25, 0.3) is 0 Å². The van der Waals surface area contributed by atoms with Gasteiger partial charge in [0.2, 0.25) is 0 Å². The molecule has 3 rings (SSSR count). The number of rotatable bonds is 5. The van der Waals surface area contributed by atoms with Gasteiger partial charge in [0.15, 0.2) is 5.43 Å². The van der Waals surface area contributed by atoms with Crippen LogP contribution in [0, 0.1) is 31.4 Å². The Hall–Kier alpha value is -2.01. The molecule has 1 unspecified atom stereocenters. The average molecular weight is 360 g/mol. The van der Waals surface area contributed by atoms with Gasteiger partial charge in [0, 0.05) is 41.7 Å². The first-order chi connectivity index (χ1) is 12.5. The zero-order chi connectivity index (χ0) is 18.7. The van der Waals surface area contributed by atoms with E-state index in [-0.39, 0.29) is 11.0 Å². The number of pyridine rings is 1. The number of benzene rings is 1. The minimum Gasteiger partial charge on any atom is -0.363 e. The lowest BCUT2D eigenvalue weighted by atomic mass is 9.91. The highest BCUT2D eigenvalue weighted by Gasteiger charge is 2.22. The summed E-state index contributed by atoms with van der Waals surface area (Å²) < 4.78 is 27.6. The molecule has 1 saturated heterocycles. The Bertz CT molecular complexity index is 811. The minimum absolute atomic E-state index is 0.0994. The van der Waals surface area contributed by atoms with Crippen molar-refractivity contribution in [2.24, 2.45) is 5.92 Å². The highest BCUT2D eigenvalue weighted by molar-refractivity contribution is 5.23. The number of hydrogen-bond acceptors (Lipinski definition) is 2. The lowest BCUT2D eigenvalue weighted by Gasteiger charge is -2.33. The van der Waals surface area contributed by atoms with Crippen molar-refractivity contribution in [3.8, 4) is 0 Å². The van der Waals surface area contributed by atoms with Crippen LogP contribution in [0.3, 0.4) is 0 Å². The molecule has 3 nitrogen and oxygen atoms in total. The van der Waals surface area contributed by atoms with E-state index >= 15 is 0 Å². The summed E-state index contributed by atoms with van der Waals surface area (Å²) in [6, 6.07) is 4.05. The Morgan fingerprint density at radius 3 is 2.69 bits per heavy atom. The monoisotopic (exact) mass is 360 g/mol. The molecule has 0 radical (unpaired) electrons. The molecule has 0 bridgehead atoms. The number of nitrogens with one attached hydrogen (secondary N) is 1. The van der Waals surface area contributed by atoms with E-state index in [0.29, 0.717) is 18.9 Å². The van der Waals surface area contributed by atoms with Crippen molar-refractivity contribution in [1.82, 2.24) is 9.88 Å². The first-order valence-corrected chi connectivity index (χ1v) is 9.28. The smallest absolute Gasteiger partial charge is 0.187 e. The molecule has 0 amide bonds. The van der Waals surface area contributed by atoms with Gasteiger partial charge in [-0.15, -0.1) is 0 Å². The molecule has 1 atom stereocenters. The molecule has 1 N–H and O–H groups in total. The summed E-state index contributed by atoms with van der Waals surface area (Å²) >= 11 is 0. The second kappa shape index (κ2) is 8.12. The fourth-order valence-corrected chi connectivity index (χ4v) is 3.84. The van der Waals surface area contributed by atoms with Gasteiger partial charge in [-0.05, 0) is 64.1 Å². The molecule has 1 fully saturated rings. The first kappa shape index (κ1) is 18.8. The summed E-state index contributed by atoms with van der Waals surface area (Å²) in [6.45, 7) is 6.27. The normalized spacial score (nSPS) is 18.2. The number of H-pyrrole nitrogens is 1. The van der Waals surface area contributed by atoms with Gasteiger partial charge in [0.05, 0.1) is 0 Å². The predicted molar refractivity (Wildman–Crippen MR) is 99.2 cm³/mol. The van der Waals surface area contributed by atoms with Crippen LogP contribution in [0.4, 0.5) is 8.78 Å². The number of halogens is 2. The summed E-state index contributed by atoms with van der Waals surface area (Å²) in [5, 5.41) is 0. The van der Waals surface area contributed by atoms with Crippen molar-refractivity contribution in [2.45, 2.75) is 46.1 Å². The van der Waals surface area contributed by atoms with Crippen molar-refractivity contribution < 1.29 is 8.78 Å². The van der Waals surface area contributed by atoms with Gasteiger partial charge in [-0.3, -0.25) is 9.69 Å². The van der Waals surface area contributed by atoms with Crippen molar-refractivity contribution >= 4 is 0 Å². The van der Waals surface area contributed by atoms with E-state index in [1.54, 1.807) is 6.20 Å². The Morgan fingerprint density at radius 2 is 1.96 bits per heavy atom. The second-order valence-electron chi connectivity index (χ2n) is 7.39. The van der Waals surface area contributed by atoms with Crippen molar-refractivity contribution in [2.75, 3.05) is 13.1 Å². The maximum absolute atomic E-state index is 13.8. The summed E-state index contributed by atoms with van der Waals surface area (Å²) in [5.41, 5.74) is 2.77. The molecule has 2 aromatic rings. The standard InChI is InChI=1S/C21H26F2N2O/c1-14-11-24-20(15(2)21(14)26)13-25-10-4-5-16(12-25)8-9-17-18(22)6-3-7-19(17)23/h3,6-7,11,16H,4-5,8-10,12-13H2,1-2H3,(H,24,26). The highest BCUT2D eigenvalue weighted by atomic mass is 19.1. The SMILES string of the molecule is Cc1c[nH]c(CN2CCCC(CCc3c(F)cccc3F)C2)c(C)c1=O. The molecule has 1 aliphatic rings. The highest BCUT2D eigenvalue weighted by Crippen LogP contribution is 2.24. The third-order valence-electron chi connectivity index (χ3n) is 5.46. The summed E-state index contributed by atoms with van der Waals surface area (Å²) in [7, 11) is 0. The lowest BCUT2D eigenvalue weighted by Crippen LogP contribution is -2.36. The first-order valence-electron chi connectivity index (χ1n) is 9.28. The van der Waals surface area contributed by atoms with Crippen molar-refractivity contribution in [1.29, 1.82) is 0 Å². The van der Waals surface area contributed by atoms with E-state index in [0.717, 1.165) is 49.2 Å². The number of aryl methyl sites for hydroxylation is 1. The van der Waals surface area contributed by atoms with Crippen LogP contribution < -0.4 is 5.43 Å². The summed E-state index contributed by atoms with van der Waals surface area (Å²) in [6.07, 6.45) is 5.12. The number of piperidine rings is 1. The largest absolute Gasteiger partial charge is 0.363 e.